The molecule has 3 heterocycles. The number of pyridine rings is 1. The van der Waals surface area contributed by atoms with Crippen molar-refractivity contribution in [3.63, 3.8) is 0 Å². The third kappa shape index (κ3) is 3.67. The highest BCUT2D eigenvalue weighted by atomic mass is 32.2. The van der Waals surface area contributed by atoms with Crippen LogP contribution in [0.3, 0.4) is 0 Å². The van der Waals surface area contributed by atoms with Gasteiger partial charge >= 0.3 is 0 Å². The largest absolute Gasteiger partial charge is 0.324 e. The molecule has 1 fully saturated rings. The molecule has 8 nitrogen and oxygen atoms in total. The quantitative estimate of drug-likeness (QED) is 0.854. The second-order valence-electron chi connectivity index (χ2n) is 6.25. The minimum Gasteiger partial charge on any atom is -0.324 e. The summed E-state index contributed by atoms with van der Waals surface area (Å²) in [7, 11) is -3.21. The van der Waals surface area contributed by atoms with Crippen molar-refractivity contribution in [3.8, 4) is 0 Å². The van der Waals surface area contributed by atoms with Gasteiger partial charge in [0.2, 0.25) is 21.8 Å². The zero-order chi connectivity index (χ0) is 18.0. The molecule has 1 saturated heterocycles. The van der Waals surface area contributed by atoms with Crippen molar-refractivity contribution in [1.82, 2.24) is 9.29 Å². The predicted molar refractivity (Wildman–Crippen MR) is 93.6 cm³/mol. The van der Waals surface area contributed by atoms with E-state index in [1.165, 1.54) is 4.31 Å². The summed E-state index contributed by atoms with van der Waals surface area (Å²) in [6.45, 7) is 2.64. The van der Waals surface area contributed by atoms with Gasteiger partial charge in [0, 0.05) is 38.2 Å². The molecular formula is C16H22N4O4S. The van der Waals surface area contributed by atoms with Gasteiger partial charge in [-0.2, -0.15) is 0 Å². The van der Waals surface area contributed by atoms with Gasteiger partial charge in [-0.3, -0.25) is 14.6 Å². The van der Waals surface area contributed by atoms with Crippen LogP contribution in [0.2, 0.25) is 0 Å². The van der Waals surface area contributed by atoms with Gasteiger partial charge < -0.3 is 10.2 Å². The Bertz CT molecular complexity index is 772. The maximum Gasteiger partial charge on any atom is 0.230 e. The molecule has 0 unspecified atom stereocenters. The molecule has 0 atom stereocenters. The van der Waals surface area contributed by atoms with Gasteiger partial charge in [-0.05, 0) is 25.8 Å². The Balaban J connectivity index is 1.75. The number of anilines is 2. The van der Waals surface area contributed by atoms with Gasteiger partial charge in [-0.15, -0.1) is 0 Å². The van der Waals surface area contributed by atoms with Gasteiger partial charge in [0.15, 0.2) is 0 Å². The molecule has 2 aliphatic rings. The van der Waals surface area contributed by atoms with E-state index in [1.807, 2.05) is 0 Å². The number of carbonyl (C=O) groups is 2. The number of hydrogen-bond donors (Lipinski definition) is 1. The Morgan fingerprint density at radius 3 is 2.72 bits per heavy atom. The highest BCUT2D eigenvalue weighted by molar-refractivity contribution is 7.89. The molecule has 1 aromatic heterocycles. The van der Waals surface area contributed by atoms with E-state index in [4.69, 9.17) is 0 Å². The van der Waals surface area contributed by atoms with E-state index < -0.39 is 10.0 Å². The molecule has 0 radical (unpaired) electrons. The van der Waals surface area contributed by atoms with Crippen LogP contribution in [0.4, 0.5) is 11.4 Å². The molecule has 0 spiro atoms. The van der Waals surface area contributed by atoms with Gasteiger partial charge in [0.1, 0.15) is 0 Å². The summed E-state index contributed by atoms with van der Waals surface area (Å²) in [5.41, 5.74) is 1.18. The number of sulfonamides is 1. The van der Waals surface area contributed by atoms with E-state index in [0.717, 1.165) is 0 Å². The van der Waals surface area contributed by atoms with E-state index in [2.05, 4.69) is 10.3 Å². The molecular weight excluding hydrogens is 344 g/mol. The number of amides is 2. The van der Waals surface area contributed by atoms with Crippen LogP contribution in [-0.4, -0.2) is 54.9 Å². The van der Waals surface area contributed by atoms with Crippen LogP contribution in [0.25, 0.3) is 0 Å². The molecule has 1 aromatic rings. The van der Waals surface area contributed by atoms with Gasteiger partial charge in [0.25, 0.3) is 0 Å². The van der Waals surface area contributed by atoms with Crippen molar-refractivity contribution in [2.24, 2.45) is 5.92 Å². The van der Waals surface area contributed by atoms with Crippen molar-refractivity contribution in [1.29, 1.82) is 0 Å². The molecule has 9 heteroatoms. The highest BCUT2D eigenvalue weighted by Gasteiger charge is 2.34. The van der Waals surface area contributed by atoms with Gasteiger partial charge in [-0.1, -0.05) is 0 Å². The summed E-state index contributed by atoms with van der Waals surface area (Å²) in [5, 5.41) is 2.78. The highest BCUT2D eigenvalue weighted by Crippen LogP contribution is 2.31. The van der Waals surface area contributed by atoms with Crippen molar-refractivity contribution < 1.29 is 18.0 Å². The van der Waals surface area contributed by atoms with Crippen LogP contribution < -0.4 is 10.2 Å². The molecule has 1 N–H and O–H groups in total. The number of nitrogens with zero attached hydrogens (tertiary/aromatic N) is 3. The summed E-state index contributed by atoms with van der Waals surface area (Å²) >= 11 is 0. The summed E-state index contributed by atoms with van der Waals surface area (Å²) in [6.07, 6.45) is 4.36. The first-order valence-electron chi connectivity index (χ1n) is 8.45. The molecule has 0 aromatic carbocycles. The minimum absolute atomic E-state index is 0.0701. The Morgan fingerprint density at radius 2 is 2.04 bits per heavy atom. The first-order valence-corrected chi connectivity index (χ1v) is 10.1. The lowest BCUT2D eigenvalue weighted by Gasteiger charge is -2.33. The molecule has 136 valence electrons. The molecule has 2 aliphatic heterocycles. The van der Waals surface area contributed by atoms with Gasteiger partial charge in [-0.25, -0.2) is 12.7 Å². The van der Waals surface area contributed by atoms with Crippen LogP contribution in [0, 0.1) is 5.92 Å². The lowest BCUT2D eigenvalue weighted by molar-refractivity contribution is -0.123. The molecule has 0 aliphatic carbocycles. The molecule has 0 bridgehead atoms. The fourth-order valence-electron chi connectivity index (χ4n) is 3.27. The van der Waals surface area contributed by atoms with E-state index in [1.54, 1.807) is 30.3 Å². The number of rotatable bonds is 3. The fourth-order valence-corrected chi connectivity index (χ4v) is 4.40. The van der Waals surface area contributed by atoms with Crippen molar-refractivity contribution >= 4 is 33.2 Å². The first-order chi connectivity index (χ1) is 11.9. The zero-order valence-electron chi connectivity index (χ0n) is 14.1. The van der Waals surface area contributed by atoms with Crippen LogP contribution in [-0.2, 0) is 19.6 Å². The summed E-state index contributed by atoms with van der Waals surface area (Å²) in [5.74, 6) is -0.375. The maximum atomic E-state index is 13.0. The fraction of sp³-hybridized carbons (Fsp3) is 0.562. The standard InChI is InChI=1S/C16H22N4O4S/c1-2-25(23,24)19-8-4-12(5-9-19)16(22)20-10-6-15(21)18-13-3-7-17-11-14(13)20/h3,7,11-12H,2,4-6,8-10H2,1H3,(H,18,21). The Morgan fingerprint density at radius 1 is 1.32 bits per heavy atom. The van der Waals surface area contributed by atoms with E-state index in [-0.39, 0.29) is 29.9 Å². The Labute approximate surface area is 147 Å². The molecule has 25 heavy (non-hydrogen) atoms. The maximum absolute atomic E-state index is 13.0. The van der Waals surface area contributed by atoms with Crippen molar-refractivity contribution in [3.05, 3.63) is 18.5 Å². The molecule has 0 saturated carbocycles. The summed E-state index contributed by atoms with van der Waals surface area (Å²) < 4.78 is 25.4. The number of nitrogens with one attached hydrogen (secondary N) is 1. The number of fused-ring (bicyclic) bond motifs is 1. The van der Waals surface area contributed by atoms with Crippen LogP contribution in [0.1, 0.15) is 26.2 Å². The normalized spacial score (nSPS) is 19.9. The number of carbonyl (C=O) groups excluding carboxylic acids is 2. The second kappa shape index (κ2) is 7.09. The zero-order valence-corrected chi connectivity index (χ0v) is 15.0. The summed E-state index contributed by atoms with van der Waals surface area (Å²) in [4.78, 5) is 30.5. The van der Waals surface area contributed by atoms with Crippen LogP contribution in [0.5, 0.6) is 0 Å². The van der Waals surface area contributed by atoms with Crippen LogP contribution >= 0.6 is 0 Å². The predicted octanol–water partition coefficient (Wildman–Crippen LogP) is 0.819. The van der Waals surface area contributed by atoms with E-state index >= 15 is 0 Å². The Kier molecular flexibility index (Phi) is 5.05. The number of aromatic nitrogens is 1. The Hall–Kier alpha value is -2.00. The lowest BCUT2D eigenvalue weighted by Crippen LogP contribution is -2.45. The average Bonchev–Trinajstić information content (AvgIpc) is 2.79. The topological polar surface area (TPSA) is 99.7 Å². The molecule has 3 rings (SSSR count). The van der Waals surface area contributed by atoms with E-state index in [0.29, 0.717) is 43.9 Å². The van der Waals surface area contributed by atoms with Crippen molar-refractivity contribution in [2.75, 3.05) is 35.6 Å². The monoisotopic (exact) mass is 366 g/mol. The smallest absolute Gasteiger partial charge is 0.230 e. The summed E-state index contributed by atoms with van der Waals surface area (Å²) in [6, 6.07) is 1.68. The van der Waals surface area contributed by atoms with Crippen molar-refractivity contribution in [2.45, 2.75) is 26.2 Å². The average molecular weight is 366 g/mol. The first kappa shape index (κ1) is 17.8. The second-order valence-corrected chi connectivity index (χ2v) is 8.51. The minimum atomic E-state index is -3.21. The lowest BCUT2D eigenvalue weighted by atomic mass is 9.96. The van der Waals surface area contributed by atoms with Gasteiger partial charge in [0.05, 0.1) is 23.3 Å². The van der Waals surface area contributed by atoms with Crippen LogP contribution in [0.15, 0.2) is 18.5 Å². The SMILES string of the molecule is CCS(=O)(=O)N1CCC(C(=O)N2CCC(=O)Nc3ccncc32)CC1. The number of piperidine rings is 1. The van der Waals surface area contributed by atoms with E-state index in [9.17, 15) is 18.0 Å². The third-order valence-electron chi connectivity index (χ3n) is 4.75. The third-order valence-corrected chi connectivity index (χ3v) is 6.64. The molecule has 2 amide bonds. The number of hydrogen-bond acceptors (Lipinski definition) is 5.